The molecule has 0 amide bonds. The van der Waals surface area contributed by atoms with Crippen LogP contribution in [-0.2, 0) is 0 Å². The lowest BCUT2D eigenvalue weighted by molar-refractivity contribution is 0.187. The molecule has 2 N–H and O–H groups in total. The molecule has 0 saturated heterocycles. The molecule has 3 nitrogen and oxygen atoms in total. The Labute approximate surface area is 90.3 Å². The van der Waals surface area contributed by atoms with E-state index in [0.29, 0.717) is 12.4 Å². The van der Waals surface area contributed by atoms with E-state index >= 15 is 0 Å². The van der Waals surface area contributed by atoms with Gasteiger partial charge < -0.3 is 14.9 Å². The molecule has 2 unspecified atom stereocenters. The molecule has 0 fully saturated rings. The van der Waals surface area contributed by atoms with Crippen LogP contribution >= 0.6 is 0 Å². The Morgan fingerprint density at radius 1 is 1.20 bits per heavy atom. The van der Waals surface area contributed by atoms with E-state index in [-0.39, 0.29) is 0 Å². The molecule has 0 radical (unpaired) electrons. The van der Waals surface area contributed by atoms with Gasteiger partial charge in [0.2, 0.25) is 0 Å². The van der Waals surface area contributed by atoms with Gasteiger partial charge in [-0.25, -0.2) is 0 Å². The molecular weight excluding hydrogens is 192 g/mol. The fourth-order valence-corrected chi connectivity index (χ4v) is 1.44. The molecule has 0 spiro atoms. The second-order valence-electron chi connectivity index (χ2n) is 3.58. The number of aliphatic hydroxyl groups is 2. The largest absolute Gasteiger partial charge is 0.493 e. The number of hydrogen-bond donors (Lipinski definition) is 2. The number of ether oxygens (including phenoxy) is 1. The first kappa shape index (κ1) is 12.0. The summed E-state index contributed by atoms with van der Waals surface area (Å²) in [5, 5.41) is 19.0. The minimum Gasteiger partial charge on any atom is -0.493 e. The van der Waals surface area contributed by atoms with Crippen molar-refractivity contribution in [1.29, 1.82) is 0 Å². The van der Waals surface area contributed by atoms with Crippen molar-refractivity contribution >= 4 is 0 Å². The minimum absolute atomic E-state index is 0.529. The van der Waals surface area contributed by atoms with Crippen LogP contribution in [0.4, 0.5) is 0 Å². The van der Waals surface area contributed by atoms with Crippen LogP contribution in [0.2, 0.25) is 0 Å². The average Bonchev–Trinajstić information content (AvgIpc) is 2.18. The van der Waals surface area contributed by atoms with Crippen LogP contribution in [0, 0.1) is 0 Å². The maximum atomic E-state index is 9.58. The van der Waals surface area contributed by atoms with E-state index in [0.717, 1.165) is 11.1 Å². The first-order valence-corrected chi connectivity index (χ1v) is 5.19. The Kier molecular flexibility index (Phi) is 4.12. The van der Waals surface area contributed by atoms with Crippen LogP contribution in [0.15, 0.2) is 18.2 Å². The monoisotopic (exact) mass is 210 g/mol. The van der Waals surface area contributed by atoms with E-state index in [1.54, 1.807) is 26.0 Å². The van der Waals surface area contributed by atoms with Crippen molar-refractivity contribution in [1.82, 2.24) is 0 Å². The van der Waals surface area contributed by atoms with Crippen LogP contribution in [0.3, 0.4) is 0 Å². The van der Waals surface area contributed by atoms with Crippen molar-refractivity contribution in [2.75, 3.05) is 6.61 Å². The fourth-order valence-electron chi connectivity index (χ4n) is 1.44. The molecule has 3 heteroatoms. The number of rotatable bonds is 4. The van der Waals surface area contributed by atoms with Gasteiger partial charge in [0.1, 0.15) is 5.75 Å². The zero-order valence-electron chi connectivity index (χ0n) is 9.40. The molecule has 1 aromatic carbocycles. The van der Waals surface area contributed by atoms with Gasteiger partial charge >= 0.3 is 0 Å². The summed E-state index contributed by atoms with van der Waals surface area (Å²) in [4.78, 5) is 0. The third-order valence-corrected chi connectivity index (χ3v) is 2.27. The summed E-state index contributed by atoms with van der Waals surface area (Å²) in [6, 6.07) is 5.37. The van der Waals surface area contributed by atoms with Gasteiger partial charge in [-0.15, -0.1) is 0 Å². The maximum absolute atomic E-state index is 9.58. The lowest BCUT2D eigenvalue weighted by atomic mass is 10.0. The molecule has 0 heterocycles. The van der Waals surface area contributed by atoms with Crippen molar-refractivity contribution in [2.24, 2.45) is 0 Å². The van der Waals surface area contributed by atoms with E-state index in [2.05, 4.69) is 0 Å². The Morgan fingerprint density at radius 2 is 1.87 bits per heavy atom. The van der Waals surface area contributed by atoms with Crippen molar-refractivity contribution in [3.05, 3.63) is 29.3 Å². The second kappa shape index (κ2) is 5.14. The predicted octanol–water partition coefficient (Wildman–Crippen LogP) is 2.19. The topological polar surface area (TPSA) is 49.7 Å². The number of aliphatic hydroxyl groups excluding tert-OH is 2. The van der Waals surface area contributed by atoms with Gasteiger partial charge in [-0.05, 0) is 38.5 Å². The van der Waals surface area contributed by atoms with Gasteiger partial charge in [-0.2, -0.15) is 0 Å². The fraction of sp³-hybridized carbons (Fsp3) is 0.500. The summed E-state index contributed by atoms with van der Waals surface area (Å²) < 4.78 is 5.39. The van der Waals surface area contributed by atoms with Crippen molar-refractivity contribution < 1.29 is 14.9 Å². The van der Waals surface area contributed by atoms with Crippen LogP contribution in [0.5, 0.6) is 5.75 Å². The second-order valence-corrected chi connectivity index (χ2v) is 3.58. The Balaban J connectivity index is 3.09. The summed E-state index contributed by atoms with van der Waals surface area (Å²) in [5.74, 6) is 0.678. The maximum Gasteiger partial charge on any atom is 0.125 e. The van der Waals surface area contributed by atoms with Gasteiger partial charge in [0.05, 0.1) is 18.8 Å². The van der Waals surface area contributed by atoms with Crippen LogP contribution in [0.25, 0.3) is 0 Å². The van der Waals surface area contributed by atoms with Gasteiger partial charge in [0.25, 0.3) is 0 Å². The van der Waals surface area contributed by atoms with Crippen molar-refractivity contribution in [2.45, 2.75) is 33.0 Å². The normalized spacial score (nSPS) is 14.7. The zero-order valence-corrected chi connectivity index (χ0v) is 9.40. The van der Waals surface area contributed by atoms with E-state index in [1.165, 1.54) is 0 Å². The molecule has 0 aromatic heterocycles. The minimum atomic E-state index is -0.592. The Morgan fingerprint density at radius 3 is 2.33 bits per heavy atom. The van der Waals surface area contributed by atoms with E-state index in [4.69, 9.17) is 4.74 Å². The molecule has 0 aliphatic rings. The Hall–Kier alpha value is -1.06. The quantitative estimate of drug-likeness (QED) is 0.801. The number of hydrogen-bond acceptors (Lipinski definition) is 3. The summed E-state index contributed by atoms with van der Waals surface area (Å²) >= 11 is 0. The summed E-state index contributed by atoms with van der Waals surface area (Å²) in [6.07, 6.45) is -1.12. The third-order valence-electron chi connectivity index (χ3n) is 2.27. The molecule has 15 heavy (non-hydrogen) atoms. The molecule has 1 aromatic rings. The predicted molar refractivity (Wildman–Crippen MR) is 58.9 cm³/mol. The van der Waals surface area contributed by atoms with Gasteiger partial charge in [0.15, 0.2) is 0 Å². The Bertz CT molecular complexity index is 319. The molecule has 2 atom stereocenters. The molecule has 0 aliphatic heterocycles. The molecule has 0 aliphatic carbocycles. The summed E-state index contributed by atoms with van der Waals surface area (Å²) in [6.45, 7) is 5.84. The van der Waals surface area contributed by atoms with Crippen LogP contribution in [0.1, 0.15) is 44.1 Å². The zero-order chi connectivity index (χ0) is 11.4. The van der Waals surface area contributed by atoms with Crippen LogP contribution in [-0.4, -0.2) is 16.8 Å². The highest BCUT2D eigenvalue weighted by Gasteiger charge is 2.11. The average molecular weight is 210 g/mol. The highest BCUT2D eigenvalue weighted by Crippen LogP contribution is 2.28. The summed E-state index contributed by atoms with van der Waals surface area (Å²) in [7, 11) is 0. The summed E-state index contributed by atoms with van der Waals surface area (Å²) in [5.41, 5.74) is 1.50. The first-order chi connectivity index (χ1) is 7.06. The van der Waals surface area contributed by atoms with Crippen LogP contribution < -0.4 is 4.74 Å². The number of benzene rings is 1. The lowest BCUT2D eigenvalue weighted by Crippen LogP contribution is -2.02. The third kappa shape index (κ3) is 2.94. The first-order valence-electron chi connectivity index (χ1n) is 5.19. The smallest absolute Gasteiger partial charge is 0.125 e. The SMILES string of the molecule is CCOc1ccc(C(C)O)cc1C(C)O. The highest BCUT2D eigenvalue weighted by molar-refractivity contribution is 5.39. The van der Waals surface area contributed by atoms with Crippen molar-refractivity contribution in [3.63, 3.8) is 0 Å². The lowest BCUT2D eigenvalue weighted by Gasteiger charge is -2.15. The van der Waals surface area contributed by atoms with Crippen molar-refractivity contribution in [3.8, 4) is 5.75 Å². The molecular formula is C12H18O3. The molecule has 0 saturated carbocycles. The van der Waals surface area contributed by atoms with E-state index in [1.807, 2.05) is 13.0 Å². The highest BCUT2D eigenvalue weighted by atomic mass is 16.5. The van der Waals surface area contributed by atoms with Gasteiger partial charge in [-0.1, -0.05) is 6.07 Å². The molecule has 0 bridgehead atoms. The molecule has 1 rings (SSSR count). The van der Waals surface area contributed by atoms with E-state index < -0.39 is 12.2 Å². The molecule has 84 valence electrons. The van der Waals surface area contributed by atoms with Gasteiger partial charge in [-0.3, -0.25) is 0 Å². The van der Waals surface area contributed by atoms with Gasteiger partial charge in [0, 0.05) is 5.56 Å². The standard InChI is InChI=1S/C12H18O3/c1-4-15-12-6-5-10(8(2)13)7-11(12)9(3)14/h5-9,13-14H,4H2,1-3H3. The van der Waals surface area contributed by atoms with E-state index in [9.17, 15) is 10.2 Å².